The molecule has 0 saturated carbocycles. The summed E-state index contributed by atoms with van der Waals surface area (Å²) in [6.45, 7) is 6.09. The van der Waals surface area contributed by atoms with E-state index in [-0.39, 0.29) is 12.0 Å². The van der Waals surface area contributed by atoms with Gasteiger partial charge in [0, 0.05) is 17.3 Å². The molecule has 0 spiro atoms. The van der Waals surface area contributed by atoms with Crippen molar-refractivity contribution in [3.8, 4) is 17.0 Å². The van der Waals surface area contributed by atoms with Gasteiger partial charge in [-0.2, -0.15) is 5.10 Å². The first-order valence-electron chi connectivity index (χ1n) is 6.76. The third-order valence-corrected chi connectivity index (χ3v) is 3.18. The molecule has 21 heavy (non-hydrogen) atoms. The number of ether oxygens (including phenoxy) is 1. The molecule has 0 aliphatic heterocycles. The summed E-state index contributed by atoms with van der Waals surface area (Å²) in [6, 6.07) is 7.46. The van der Waals surface area contributed by atoms with Gasteiger partial charge in [0.2, 0.25) is 0 Å². The van der Waals surface area contributed by atoms with E-state index in [0.717, 1.165) is 11.3 Å². The molecule has 5 heteroatoms. The van der Waals surface area contributed by atoms with Crippen LogP contribution < -0.4 is 4.74 Å². The van der Waals surface area contributed by atoms with E-state index in [1.807, 2.05) is 55.9 Å². The van der Waals surface area contributed by atoms with Crippen molar-refractivity contribution >= 4 is 5.97 Å². The summed E-state index contributed by atoms with van der Waals surface area (Å²) < 4.78 is 6.95. The van der Waals surface area contributed by atoms with Crippen molar-refractivity contribution in [1.29, 1.82) is 0 Å². The van der Waals surface area contributed by atoms with E-state index in [2.05, 4.69) is 5.10 Å². The normalized spacial score (nSPS) is 11.4. The molecule has 1 N–H and O–H groups in total. The first-order valence-corrected chi connectivity index (χ1v) is 6.76. The van der Waals surface area contributed by atoms with Gasteiger partial charge in [-0.15, -0.1) is 0 Å². The lowest BCUT2D eigenvalue weighted by Gasteiger charge is -2.18. The maximum atomic E-state index is 11.1. The minimum absolute atomic E-state index is 0.0442. The topological polar surface area (TPSA) is 64.4 Å². The first-order chi connectivity index (χ1) is 9.81. The summed E-state index contributed by atoms with van der Waals surface area (Å²) in [4.78, 5) is 11.1. The molecule has 2 aromatic rings. The average molecular weight is 288 g/mol. The molecule has 0 aliphatic rings. The Kier molecular flexibility index (Phi) is 4.02. The molecule has 2 rings (SSSR count). The van der Waals surface area contributed by atoms with Gasteiger partial charge in [-0.3, -0.25) is 9.48 Å². The summed E-state index contributed by atoms with van der Waals surface area (Å²) in [5.41, 5.74) is 2.10. The summed E-state index contributed by atoms with van der Waals surface area (Å²) in [6.07, 6.45) is 1.77. The number of nitrogens with zero attached hydrogens (tertiary/aromatic N) is 2. The lowest BCUT2D eigenvalue weighted by molar-refractivity contribution is -0.136. The molecule has 0 radical (unpaired) electrons. The van der Waals surface area contributed by atoms with E-state index < -0.39 is 5.97 Å². The van der Waals surface area contributed by atoms with Crippen molar-refractivity contribution in [1.82, 2.24) is 9.78 Å². The number of benzene rings is 1. The Labute approximate surface area is 124 Å². The van der Waals surface area contributed by atoms with Gasteiger partial charge in [0.1, 0.15) is 5.75 Å². The highest BCUT2D eigenvalue weighted by Gasteiger charge is 2.20. The molecule has 0 fully saturated rings. The lowest BCUT2D eigenvalue weighted by Crippen LogP contribution is -2.22. The number of aromatic nitrogens is 2. The number of carboxylic acid groups (broad SMARTS) is 1. The van der Waals surface area contributed by atoms with E-state index in [1.165, 1.54) is 0 Å². The molecule has 0 unspecified atom stereocenters. The molecule has 0 bridgehead atoms. The Morgan fingerprint density at radius 1 is 1.29 bits per heavy atom. The molecule has 0 atom stereocenters. The molecule has 5 nitrogen and oxygen atoms in total. The summed E-state index contributed by atoms with van der Waals surface area (Å²) in [5.74, 6) is -0.105. The molecule has 112 valence electrons. The fourth-order valence-corrected chi connectivity index (χ4v) is 2.04. The van der Waals surface area contributed by atoms with Crippen LogP contribution in [-0.2, 0) is 16.8 Å². The zero-order valence-corrected chi connectivity index (χ0v) is 12.8. The van der Waals surface area contributed by atoms with Crippen LogP contribution in [0.2, 0.25) is 0 Å². The molecule has 0 aliphatic carbocycles. The van der Waals surface area contributed by atoms with Crippen LogP contribution in [0.15, 0.2) is 30.5 Å². The molecule has 1 aromatic heterocycles. The van der Waals surface area contributed by atoms with Gasteiger partial charge in [-0.25, -0.2) is 0 Å². The van der Waals surface area contributed by atoms with Gasteiger partial charge in [0.15, 0.2) is 0 Å². The Hall–Kier alpha value is -2.30. The second-order valence-electron chi connectivity index (χ2n) is 5.92. The SMILES string of the molecule is COc1ccc(-c2nn(C(C)(C)C)cc2CC(=O)O)cc1. The van der Waals surface area contributed by atoms with E-state index in [4.69, 9.17) is 9.84 Å². The van der Waals surface area contributed by atoms with Crippen LogP contribution in [0.4, 0.5) is 0 Å². The fraction of sp³-hybridized carbons (Fsp3) is 0.375. The highest BCUT2D eigenvalue weighted by molar-refractivity contribution is 5.75. The zero-order valence-electron chi connectivity index (χ0n) is 12.8. The van der Waals surface area contributed by atoms with Gasteiger partial charge in [-0.05, 0) is 45.0 Å². The van der Waals surface area contributed by atoms with Crippen molar-refractivity contribution in [2.24, 2.45) is 0 Å². The largest absolute Gasteiger partial charge is 0.497 e. The van der Waals surface area contributed by atoms with Crippen LogP contribution >= 0.6 is 0 Å². The average Bonchev–Trinajstić information content (AvgIpc) is 2.82. The smallest absolute Gasteiger partial charge is 0.307 e. The minimum atomic E-state index is -0.863. The molecular formula is C16H20N2O3. The van der Waals surface area contributed by atoms with E-state index in [0.29, 0.717) is 11.3 Å². The zero-order chi connectivity index (χ0) is 15.6. The predicted octanol–water partition coefficient (Wildman–Crippen LogP) is 2.94. The Morgan fingerprint density at radius 3 is 2.38 bits per heavy atom. The van der Waals surface area contributed by atoms with Crippen molar-refractivity contribution < 1.29 is 14.6 Å². The number of carbonyl (C=O) groups is 1. The highest BCUT2D eigenvalue weighted by atomic mass is 16.5. The van der Waals surface area contributed by atoms with Gasteiger partial charge in [0.05, 0.1) is 24.8 Å². The molecular weight excluding hydrogens is 268 g/mol. The van der Waals surface area contributed by atoms with E-state index in [1.54, 1.807) is 7.11 Å². The first kappa shape index (κ1) is 15.1. The minimum Gasteiger partial charge on any atom is -0.497 e. The number of hydrogen-bond donors (Lipinski definition) is 1. The van der Waals surface area contributed by atoms with Crippen LogP contribution in [0.1, 0.15) is 26.3 Å². The predicted molar refractivity (Wildman–Crippen MR) is 80.6 cm³/mol. The van der Waals surface area contributed by atoms with Crippen LogP contribution in [0, 0.1) is 0 Å². The van der Waals surface area contributed by atoms with Crippen molar-refractivity contribution in [2.45, 2.75) is 32.7 Å². The maximum absolute atomic E-state index is 11.1. The van der Waals surface area contributed by atoms with Gasteiger partial charge >= 0.3 is 5.97 Å². The highest BCUT2D eigenvalue weighted by Crippen LogP contribution is 2.27. The van der Waals surface area contributed by atoms with Gasteiger partial charge in [-0.1, -0.05) is 0 Å². The van der Waals surface area contributed by atoms with Gasteiger partial charge in [0.25, 0.3) is 0 Å². The number of hydrogen-bond acceptors (Lipinski definition) is 3. The van der Waals surface area contributed by atoms with Crippen LogP contribution in [0.5, 0.6) is 5.75 Å². The Balaban J connectivity index is 2.48. The fourth-order valence-electron chi connectivity index (χ4n) is 2.04. The van der Waals surface area contributed by atoms with Gasteiger partial charge < -0.3 is 9.84 Å². The van der Waals surface area contributed by atoms with Crippen molar-refractivity contribution in [3.63, 3.8) is 0 Å². The van der Waals surface area contributed by atoms with Crippen molar-refractivity contribution in [3.05, 3.63) is 36.0 Å². The van der Waals surface area contributed by atoms with Crippen LogP contribution in [0.3, 0.4) is 0 Å². The third kappa shape index (κ3) is 3.42. The summed E-state index contributed by atoms with van der Waals surface area (Å²) >= 11 is 0. The quantitative estimate of drug-likeness (QED) is 0.939. The second kappa shape index (κ2) is 5.60. The Bertz CT molecular complexity index is 637. The lowest BCUT2D eigenvalue weighted by atomic mass is 10.1. The molecule has 1 heterocycles. The molecule has 0 saturated heterocycles. The molecule has 0 amide bonds. The van der Waals surface area contributed by atoms with Crippen molar-refractivity contribution in [2.75, 3.05) is 7.11 Å². The second-order valence-corrected chi connectivity index (χ2v) is 5.92. The maximum Gasteiger partial charge on any atom is 0.307 e. The number of carboxylic acids is 1. The Morgan fingerprint density at radius 2 is 1.90 bits per heavy atom. The summed E-state index contributed by atoms with van der Waals surface area (Å²) in [7, 11) is 1.61. The number of aliphatic carboxylic acids is 1. The van der Waals surface area contributed by atoms with E-state index >= 15 is 0 Å². The van der Waals surface area contributed by atoms with E-state index in [9.17, 15) is 4.79 Å². The van der Waals surface area contributed by atoms with Crippen LogP contribution in [0.25, 0.3) is 11.3 Å². The number of rotatable bonds is 4. The summed E-state index contributed by atoms with van der Waals surface area (Å²) in [5, 5.41) is 13.6. The monoisotopic (exact) mass is 288 g/mol. The standard InChI is InChI=1S/C16H20N2O3/c1-16(2,3)18-10-12(9-14(19)20)15(17-18)11-5-7-13(21-4)8-6-11/h5-8,10H,9H2,1-4H3,(H,19,20). The third-order valence-electron chi connectivity index (χ3n) is 3.18. The molecule has 1 aromatic carbocycles. The van der Waals surface area contributed by atoms with Crippen LogP contribution in [-0.4, -0.2) is 28.0 Å². The number of methoxy groups -OCH3 is 1.